The van der Waals surface area contributed by atoms with Gasteiger partial charge in [-0.3, -0.25) is 4.18 Å². The first-order valence-electron chi connectivity index (χ1n) is 11.7. The molecule has 0 spiro atoms. The number of unbranched alkanes of at least 4 members (excludes halogenated alkanes) is 15. The van der Waals surface area contributed by atoms with E-state index >= 15 is 0 Å². The molecular formula is C22H47NO4S. The minimum atomic E-state index is -2.45. The highest BCUT2D eigenvalue weighted by Gasteiger charge is 2.15. The van der Waals surface area contributed by atoms with Gasteiger partial charge in [0.1, 0.15) is 13.2 Å². The predicted molar refractivity (Wildman–Crippen MR) is 117 cm³/mol. The van der Waals surface area contributed by atoms with E-state index in [4.69, 9.17) is 4.84 Å². The standard InChI is InChI=1S/C22H47NO4S/c1-4-5-6-7-8-9-10-11-12-13-14-15-16-17-18-19-20-23(2,3)26-21-22-27-28(24)25/h4-22H2,1-3H3. The molecule has 0 rings (SSSR count). The van der Waals surface area contributed by atoms with Crippen molar-refractivity contribution in [2.75, 3.05) is 33.9 Å². The Bertz CT molecular complexity index is 353. The average Bonchev–Trinajstić information content (AvgIpc) is 2.65. The largest absolute Gasteiger partial charge is 0.750 e. The summed E-state index contributed by atoms with van der Waals surface area (Å²) < 4.78 is 25.5. The second kappa shape index (κ2) is 20.3. The molecule has 0 aliphatic heterocycles. The van der Waals surface area contributed by atoms with Crippen molar-refractivity contribution in [2.45, 2.75) is 110 Å². The SMILES string of the molecule is CCCCCCCCCCCCCCCCCC[N+](C)(C)OCCOS(=O)[O-]. The van der Waals surface area contributed by atoms with E-state index < -0.39 is 11.4 Å². The molecule has 0 aromatic heterocycles. The Labute approximate surface area is 177 Å². The van der Waals surface area contributed by atoms with Gasteiger partial charge in [0.25, 0.3) is 0 Å². The summed E-state index contributed by atoms with van der Waals surface area (Å²) in [6.07, 6.45) is 22.0. The summed E-state index contributed by atoms with van der Waals surface area (Å²) in [6, 6.07) is 0. The van der Waals surface area contributed by atoms with E-state index in [0.29, 0.717) is 11.3 Å². The van der Waals surface area contributed by atoms with Gasteiger partial charge in [0.05, 0.1) is 32.1 Å². The molecule has 6 heteroatoms. The minimum Gasteiger partial charge on any atom is -0.750 e. The summed E-state index contributed by atoms with van der Waals surface area (Å²) in [4.78, 5) is 5.64. The van der Waals surface area contributed by atoms with Crippen LogP contribution in [0.15, 0.2) is 0 Å². The molecule has 0 saturated heterocycles. The Hall–Kier alpha value is -0.0100. The minimum absolute atomic E-state index is 0.0801. The molecule has 0 radical (unpaired) electrons. The molecule has 0 bridgehead atoms. The maximum Gasteiger partial charge on any atom is 0.131 e. The highest BCUT2D eigenvalue weighted by atomic mass is 32.2. The third-order valence-corrected chi connectivity index (χ3v) is 5.61. The summed E-state index contributed by atoms with van der Waals surface area (Å²) in [5.41, 5.74) is 0. The van der Waals surface area contributed by atoms with Crippen molar-refractivity contribution in [3.63, 3.8) is 0 Å². The molecule has 1 unspecified atom stereocenters. The Kier molecular flexibility index (Phi) is 20.3. The van der Waals surface area contributed by atoms with Crippen LogP contribution in [0, 0.1) is 0 Å². The van der Waals surface area contributed by atoms with Crippen molar-refractivity contribution >= 4 is 11.4 Å². The van der Waals surface area contributed by atoms with Crippen LogP contribution < -0.4 is 0 Å². The molecular weight excluding hydrogens is 374 g/mol. The summed E-state index contributed by atoms with van der Waals surface area (Å²) in [7, 11) is 4.00. The van der Waals surface area contributed by atoms with Crippen LogP contribution in [0.4, 0.5) is 0 Å². The lowest BCUT2D eigenvalue weighted by molar-refractivity contribution is -1.08. The van der Waals surface area contributed by atoms with E-state index in [1.165, 1.54) is 96.3 Å². The quantitative estimate of drug-likeness (QED) is 0.0921. The Morgan fingerprint density at radius 1 is 0.679 bits per heavy atom. The molecule has 170 valence electrons. The Balaban J connectivity index is 3.25. The number of nitrogens with zero attached hydrogens (tertiary/aromatic N) is 1. The average molecular weight is 422 g/mol. The third kappa shape index (κ3) is 22.3. The van der Waals surface area contributed by atoms with Gasteiger partial charge in [-0.2, -0.15) is 4.65 Å². The van der Waals surface area contributed by atoms with Gasteiger partial charge in [-0.15, -0.1) is 0 Å². The van der Waals surface area contributed by atoms with Crippen molar-refractivity contribution in [1.29, 1.82) is 0 Å². The molecule has 0 amide bonds. The van der Waals surface area contributed by atoms with Crippen LogP contribution in [0.2, 0.25) is 0 Å². The maximum atomic E-state index is 10.3. The van der Waals surface area contributed by atoms with Crippen LogP contribution in [0.1, 0.15) is 110 Å². The molecule has 1 atom stereocenters. The van der Waals surface area contributed by atoms with E-state index in [-0.39, 0.29) is 6.61 Å². The van der Waals surface area contributed by atoms with Gasteiger partial charge >= 0.3 is 0 Å². The second-order valence-corrected chi connectivity index (χ2v) is 9.10. The lowest BCUT2D eigenvalue weighted by Gasteiger charge is -2.26. The molecule has 0 fully saturated rings. The number of rotatable bonds is 22. The summed E-state index contributed by atoms with van der Waals surface area (Å²) in [5.74, 6) is 0. The van der Waals surface area contributed by atoms with Crippen molar-refractivity contribution in [3.05, 3.63) is 0 Å². The van der Waals surface area contributed by atoms with Gasteiger partial charge in [0, 0.05) is 0 Å². The molecule has 5 nitrogen and oxygen atoms in total. The molecule has 0 aromatic rings. The highest BCUT2D eigenvalue weighted by Crippen LogP contribution is 2.14. The van der Waals surface area contributed by atoms with E-state index in [0.717, 1.165) is 13.0 Å². The fourth-order valence-electron chi connectivity index (χ4n) is 3.49. The van der Waals surface area contributed by atoms with Crippen LogP contribution in [0.3, 0.4) is 0 Å². The monoisotopic (exact) mass is 421 g/mol. The molecule has 28 heavy (non-hydrogen) atoms. The summed E-state index contributed by atoms with van der Waals surface area (Å²) in [6.45, 7) is 3.59. The zero-order valence-corrected chi connectivity index (χ0v) is 19.7. The zero-order valence-electron chi connectivity index (χ0n) is 18.9. The summed E-state index contributed by atoms with van der Waals surface area (Å²) in [5, 5.41) is 0. The van der Waals surface area contributed by atoms with Gasteiger partial charge < -0.3 is 4.55 Å². The van der Waals surface area contributed by atoms with Crippen LogP contribution in [-0.2, 0) is 20.4 Å². The maximum absolute atomic E-state index is 10.3. The van der Waals surface area contributed by atoms with Gasteiger partial charge in [-0.05, 0) is 12.8 Å². The first-order chi connectivity index (χ1) is 13.5. The fraction of sp³-hybridized carbons (Fsp3) is 1.00. The lowest BCUT2D eigenvalue weighted by Crippen LogP contribution is -2.41. The van der Waals surface area contributed by atoms with E-state index in [1.54, 1.807) is 0 Å². The van der Waals surface area contributed by atoms with Gasteiger partial charge in [0.15, 0.2) is 0 Å². The molecule has 0 N–H and O–H groups in total. The van der Waals surface area contributed by atoms with Gasteiger partial charge in [0.2, 0.25) is 0 Å². The van der Waals surface area contributed by atoms with E-state index in [9.17, 15) is 8.76 Å². The van der Waals surface area contributed by atoms with Crippen LogP contribution in [-0.4, -0.2) is 47.3 Å². The first kappa shape index (κ1) is 28.0. The molecule has 0 heterocycles. The van der Waals surface area contributed by atoms with Crippen molar-refractivity contribution < 1.29 is 22.4 Å². The Morgan fingerprint density at radius 3 is 1.46 bits per heavy atom. The summed E-state index contributed by atoms with van der Waals surface area (Å²) >= 11 is -2.45. The van der Waals surface area contributed by atoms with Crippen molar-refractivity contribution in [3.8, 4) is 0 Å². The number of hydrogen-bond acceptors (Lipinski definition) is 4. The van der Waals surface area contributed by atoms with Gasteiger partial charge in [-0.25, -0.2) is 9.05 Å². The number of hydrogen-bond donors (Lipinski definition) is 0. The fourth-order valence-corrected chi connectivity index (χ4v) is 3.70. The highest BCUT2D eigenvalue weighted by molar-refractivity contribution is 7.74. The molecule has 0 aliphatic carbocycles. The topological polar surface area (TPSA) is 58.6 Å². The first-order valence-corrected chi connectivity index (χ1v) is 12.7. The van der Waals surface area contributed by atoms with Crippen LogP contribution in [0.5, 0.6) is 0 Å². The number of hydroxylamine groups is 3. The number of quaternary nitrogens is 1. The van der Waals surface area contributed by atoms with Crippen LogP contribution in [0.25, 0.3) is 0 Å². The van der Waals surface area contributed by atoms with E-state index in [1.807, 2.05) is 14.1 Å². The predicted octanol–water partition coefficient (Wildman–Crippen LogP) is 6.07. The van der Waals surface area contributed by atoms with Crippen molar-refractivity contribution in [2.24, 2.45) is 0 Å². The third-order valence-electron chi connectivity index (χ3n) is 5.25. The van der Waals surface area contributed by atoms with Gasteiger partial charge in [-0.1, -0.05) is 96.8 Å². The van der Waals surface area contributed by atoms with E-state index in [2.05, 4.69) is 11.1 Å². The Morgan fingerprint density at radius 2 is 1.07 bits per heavy atom. The normalized spacial score (nSPS) is 13.1. The molecule has 0 aliphatic rings. The lowest BCUT2D eigenvalue weighted by atomic mass is 10.0. The van der Waals surface area contributed by atoms with Crippen LogP contribution >= 0.6 is 0 Å². The van der Waals surface area contributed by atoms with Crippen molar-refractivity contribution in [1.82, 2.24) is 0 Å². The second-order valence-electron chi connectivity index (χ2n) is 8.46. The molecule has 0 aromatic carbocycles. The smallest absolute Gasteiger partial charge is 0.131 e. The molecule has 0 saturated carbocycles. The zero-order chi connectivity index (χ0) is 20.9.